The minimum Gasteiger partial charge on any atom is -1.00 e. The van der Waals surface area contributed by atoms with E-state index in [0.717, 1.165) is 5.82 Å². The number of H-pyrrole nitrogens is 1. The SMILES string of the molecule is Cc1[nH]cc[n+]1C(c1ccccc1)(c1ccccc1)c1ccccc1.[I-]. The number of halogens is 1. The molecule has 0 unspecified atom stereocenters. The third kappa shape index (κ3) is 2.97. The molecule has 0 atom stereocenters. The molecule has 130 valence electrons. The number of imidazole rings is 1. The van der Waals surface area contributed by atoms with Crippen molar-refractivity contribution in [2.75, 3.05) is 0 Å². The number of hydrogen-bond donors (Lipinski definition) is 1. The Morgan fingerprint density at radius 3 is 1.35 bits per heavy atom. The summed E-state index contributed by atoms with van der Waals surface area (Å²) in [6.07, 6.45) is 4.13. The Labute approximate surface area is 171 Å². The minimum absolute atomic E-state index is 0. The second kappa shape index (κ2) is 7.87. The zero-order chi connectivity index (χ0) is 17.1. The molecule has 0 radical (unpaired) electrons. The van der Waals surface area contributed by atoms with E-state index >= 15 is 0 Å². The van der Waals surface area contributed by atoms with E-state index in [0.29, 0.717) is 0 Å². The second-order valence-electron chi connectivity index (χ2n) is 6.22. The van der Waals surface area contributed by atoms with Crippen LogP contribution in [-0.2, 0) is 5.54 Å². The van der Waals surface area contributed by atoms with Crippen molar-refractivity contribution in [3.63, 3.8) is 0 Å². The molecular formula is C23H21IN2. The third-order valence-electron chi connectivity index (χ3n) is 4.81. The highest BCUT2D eigenvalue weighted by atomic mass is 127. The van der Waals surface area contributed by atoms with Crippen LogP contribution in [0.25, 0.3) is 0 Å². The molecule has 0 bridgehead atoms. The molecule has 0 amide bonds. The number of aromatic amines is 1. The Morgan fingerprint density at radius 2 is 1.04 bits per heavy atom. The largest absolute Gasteiger partial charge is 1.00 e. The van der Waals surface area contributed by atoms with Crippen molar-refractivity contribution < 1.29 is 28.5 Å². The molecule has 1 N–H and O–H groups in total. The van der Waals surface area contributed by atoms with Gasteiger partial charge >= 0.3 is 0 Å². The molecule has 26 heavy (non-hydrogen) atoms. The molecule has 0 spiro atoms. The zero-order valence-electron chi connectivity index (χ0n) is 14.6. The van der Waals surface area contributed by atoms with Gasteiger partial charge in [0, 0.05) is 23.6 Å². The van der Waals surface area contributed by atoms with Crippen molar-refractivity contribution in [3.8, 4) is 0 Å². The van der Waals surface area contributed by atoms with E-state index in [1.54, 1.807) is 0 Å². The summed E-state index contributed by atoms with van der Waals surface area (Å²) in [6.45, 7) is 2.11. The van der Waals surface area contributed by atoms with Crippen molar-refractivity contribution in [1.82, 2.24) is 4.98 Å². The molecule has 4 aromatic rings. The van der Waals surface area contributed by atoms with Gasteiger partial charge in [-0.05, 0) is 0 Å². The lowest BCUT2D eigenvalue weighted by Crippen LogP contribution is -3.00. The summed E-state index contributed by atoms with van der Waals surface area (Å²) < 4.78 is 2.33. The summed E-state index contributed by atoms with van der Waals surface area (Å²) in [7, 11) is 0. The quantitative estimate of drug-likeness (QED) is 0.275. The van der Waals surface area contributed by atoms with Gasteiger partial charge in [0.1, 0.15) is 12.4 Å². The lowest BCUT2D eigenvalue weighted by atomic mass is 9.76. The summed E-state index contributed by atoms with van der Waals surface area (Å²) in [5.74, 6) is 1.11. The van der Waals surface area contributed by atoms with Crippen LogP contribution in [0.3, 0.4) is 0 Å². The Kier molecular flexibility index (Phi) is 5.57. The molecule has 4 rings (SSSR count). The van der Waals surface area contributed by atoms with E-state index in [4.69, 9.17) is 0 Å². The lowest BCUT2D eigenvalue weighted by Gasteiger charge is -2.33. The number of hydrogen-bond acceptors (Lipinski definition) is 0. The van der Waals surface area contributed by atoms with Crippen LogP contribution in [0.1, 0.15) is 22.5 Å². The number of rotatable bonds is 4. The molecular weight excluding hydrogens is 431 g/mol. The van der Waals surface area contributed by atoms with Gasteiger partial charge in [0.05, 0.1) is 0 Å². The van der Waals surface area contributed by atoms with Gasteiger partial charge in [-0.1, -0.05) is 91.0 Å². The standard InChI is InChI=1S/C23H20N2.HI/c1-19-24-17-18-25(19)23(20-11-5-2-6-12-20,21-13-7-3-8-14-21)22-15-9-4-10-16-22;/h2-18H,1H3;1H. The number of aromatic nitrogens is 2. The lowest BCUT2D eigenvalue weighted by molar-refractivity contribution is -0.738. The van der Waals surface area contributed by atoms with Crippen molar-refractivity contribution in [2.45, 2.75) is 12.5 Å². The Bertz CT molecular complexity index is 851. The molecule has 1 heterocycles. The predicted octanol–water partition coefficient (Wildman–Crippen LogP) is 1.45. The maximum atomic E-state index is 3.35. The molecule has 0 fully saturated rings. The zero-order valence-corrected chi connectivity index (χ0v) is 16.8. The molecule has 0 aliphatic carbocycles. The molecule has 0 saturated carbocycles. The highest BCUT2D eigenvalue weighted by Crippen LogP contribution is 2.36. The average molecular weight is 452 g/mol. The Hall–Kier alpha value is -2.40. The van der Waals surface area contributed by atoms with E-state index in [2.05, 4.69) is 114 Å². The van der Waals surface area contributed by atoms with Gasteiger partial charge in [-0.25, -0.2) is 9.55 Å². The van der Waals surface area contributed by atoms with Gasteiger partial charge < -0.3 is 24.0 Å². The summed E-state index contributed by atoms with van der Waals surface area (Å²) in [6, 6.07) is 32.1. The van der Waals surface area contributed by atoms with E-state index in [9.17, 15) is 0 Å². The van der Waals surface area contributed by atoms with Crippen LogP contribution in [-0.4, -0.2) is 4.98 Å². The van der Waals surface area contributed by atoms with Crippen LogP contribution in [0.2, 0.25) is 0 Å². The van der Waals surface area contributed by atoms with Crippen molar-refractivity contribution >= 4 is 0 Å². The Morgan fingerprint density at radius 1 is 0.654 bits per heavy atom. The van der Waals surface area contributed by atoms with Crippen LogP contribution in [0.5, 0.6) is 0 Å². The van der Waals surface area contributed by atoms with Crippen LogP contribution in [0.15, 0.2) is 103 Å². The highest BCUT2D eigenvalue weighted by Gasteiger charge is 2.43. The predicted molar refractivity (Wildman–Crippen MR) is 100 cm³/mol. The number of nitrogens with zero attached hydrogens (tertiary/aromatic N) is 1. The van der Waals surface area contributed by atoms with Gasteiger partial charge in [-0.15, -0.1) is 0 Å². The smallest absolute Gasteiger partial charge is 0.252 e. The first-order valence-electron chi connectivity index (χ1n) is 8.56. The summed E-state index contributed by atoms with van der Waals surface area (Å²) in [4.78, 5) is 3.35. The maximum absolute atomic E-state index is 3.35. The van der Waals surface area contributed by atoms with E-state index in [1.807, 2.05) is 6.20 Å². The van der Waals surface area contributed by atoms with Crippen molar-refractivity contribution in [3.05, 3.63) is 126 Å². The molecule has 3 heteroatoms. The summed E-state index contributed by atoms with van der Waals surface area (Å²) in [5, 5.41) is 0. The topological polar surface area (TPSA) is 19.7 Å². The third-order valence-corrected chi connectivity index (χ3v) is 4.81. The van der Waals surface area contributed by atoms with E-state index in [-0.39, 0.29) is 24.0 Å². The number of aryl methyl sites for hydroxylation is 1. The molecule has 0 saturated heterocycles. The molecule has 0 aliphatic rings. The fourth-order valence-corrected chi connectivity index (χ4v) is 3.73. The average Bonchev–Trinajstić information content (AvgIpc) is 3.12. The second-order valence-corrected chi connectivity index (χ2v) is 6.22. The van der Waals surface area contributed by atoms with Gasteiger partial charge in [-0.2, -0.15) is 0 Å². The van der Waals surface area contributed by atoms with Gasteiger partial charge in [0.25, 0.3) is 5.82 Å². The first kappa shape index (κ1) is 18.4. The monoisotopic (exact) mass is 452 g/mol. The molecule has 1 aromatic heterocycles. The first-order chi connectivity index (χ1) is 12.3. The normalized spacial score (nSPS) is 11.0. The van der Waals surface area contributed by atoms with Gasteiger partial charge in [0.15, 0.2) is 5.54 Å². The van der Waals surface area contributed by atoms with Gasteiger partial charge in [0.2, 0.25) is 0 Å². The molecule has 2 nitrogen and oxygen atoms in total. The van der Waals surface area contributed by atoms with Gasteiger partial charge in [-0.3, -0.25) is 0 Å². The maximum Gasteiger partial charge on any atom is 0.252 e. The fourth-order valence-electron chi connectivity index (χ4n) is 3.73. The van der Waals surface area contributed by atoms with Crippen LogP contribution >= 0.6 is 0 Å². The Balaban J connectivity index is 0.00000196. The number of nitrogens with one attached hydrogen (secondary N) is 1. The fraction of sp³-hybridized carbons (Fsp3) is 0.0870. The van der Waals surface area contributed by atoms with E-state index < -0.39 is 5.54 Å². The van der Waals surface area contributed by atoms with E-state index in [1.165, 1.54) is 16.7 Å². The summed E-state index contributed by atoms with van der Waals surface area (Å²) in [5.41, 5.74) is 3.29. The molecule has 3 aromatic carbocycles. The molecule has 0 aliphatic heterocycles. The summed E-state index contributed by atoms with van der Waals surface area (Å²) >= 11 is 0. The van der Waals surface area contributed by atoms with Crippen LogP contribution in [0, 0.1) is 6.92 Å². The van der Waals surface area contributed by atoms with Crippen LogP contribution < -0.4 is 28.5 Å². The number of benzene rings is 3. The highest BCUT2D eigenvalue weighted by molar-refractivity contribution is 5.46. The first-order valence-corrected chi connectivity index (χ1v) is 8.56. The van der Waals surface area contributed by atoms with Crippen LogP contribution in [0.4, 0.5) is 0 Å². The minimum atomic E-state index is -0.423. The van der Waals surface area contributed by atoms with Crippen molar-refractivity contribution in [2.24, 2.45) is 0 Å². The van der Waals surface area contributed by atoms with Crippen molar-refractivity contribution in [1.29, 1.82) is 0 Å².